The predicted molar refractivity (Wildman–Crippen MR) is 125 cm³/mol. The Morgan fingerprint density at radius 3 is 2.85 bits per heavy atom. The largest absolute Gasteiger partial charge is 0.490 e. The molecule has 4 heterocycles. The SMILES string of the molecule is O=C(NCC1CCN(CCCOc2ccc(F)cc2F)CC1)C1=CC2=CNC3=CC=CC(=C1)N23. The summed E-state index contributed by atoms with van der Waals surface area (Å²) < 4.78 is 32.0. The number of nitrogens with one attached hydrogen (secondary N) is 2. The molecule has 1 amide bonds. The lowest BCUT2D eigenvalue weighted by atomic mass is 9.96. The molecule has 34 heavy (non-hydrogen) atoms. The Kier molecular flexibility index (Phi) is 6.49. The molecule has 0 spiro atoms. The Morgan fingerprint density at radius 2 is 2.03 bits per heavy atom. The molecule has 6 nitrogen and oxygen atoms in total. The van der Waals surface area contributed by atoms with Crippen molar-refractivity contribution in [3.05, 3.63) is 89.2 Å². The molecule has 4 aliphatic rings. The van der Waals surface area contributed by atoms with Crippen LogP contribution in [0.4, 0.5) is 8.78 Å². The fourth-order valence-electron chi connectivity index (χ4n) is 4.67. The van der Waals surface area contributed by atoms with Crippen LogP contribution in [0.1, 0.15) is 19.3 Å². The average molecular weight is 467 g/mol. The van der Waals surface area contributed by atoms with Crippen molar-refractivity contribution in [2.45, 2.75) is 19.3 Å². The maximum atomic E-state index is 13.6. The van der Waals surface area contributed by atoms with E-state index in [-0.39, 0.29) is 11.7 Å². The quantitative estimate of drug-likeness (QED) is 0.574. The van der Waals surface area contributed by atoms with E-state index >= 15 is 0 Å². The first-order chi connectivity index (χ1) is 16.6. The second-order valence-electron chi connectivity index (χ2n) is 8.90. The van der Waals surface area contributed by atoms with Crippen molar-refractivity contribution in [3.8, 4) is 5.75 Å². The molecule has 2 N–H and O–H groups in total. The van der Waals surface area contributed by atoms with Crippen molar-refractivity contribution in [2.24, 2.45) is 5.92 Å². The number of ether oxygens (including phenoxy) is 1. The Bertz CT molecular complexity index is 1110. The van der Waals surface area contributed by atoms with E-state index in [0.29, 0.717) is 24.6 Å². The second kappa shape index (κ2) is 9.85. The van der Waals surface area contributed by atoms with Crippen LogP contribution in [0.25, 0.3) is 0 Å². The van der Waals surface area contributed by atoms with Gasteiger partial charge in [-0.15, -0.1) is 0 Å². The van der Waals surface area contributed by atoms with Gasteiger partial charge in [0.15, 0.2) is 11.6 Å². The normalized spacial score (nSPS) is 19.5. The zero-order chi connectivity index (χ0) is 23.5. The van der Waals surface area contributed by atoms with Gasteiger partial charge in [-0.05, 0) is 74.7 Å². The highest BCUT2D eigenvalue weighted by atomic mass is 19.1. The summed E-state index contributed by atoms with van der Waals surface area (Å²) in [6.07, 6.45) is 14.5. The molecule has 0 unspecified atom stereocenters. The van der Waals surface area contributed by atoms with Crippen LogP contribution >= 0.6 is 0 Å². The smallest absolute Gasteiger partial charge is 0.251 e. The fourth-order valence-corrected chi connectivity index (χ4v) is 4.67. The number of carbonyl (C=O) groups is 1. The molecule has 1 saturated heterocycles. The summed E-state index contributed by atoms with van der Waals surface area (Å²) in [5, 5.41) is 6.34. The number of hydrogen-bond acceptors (Lipinski definition) is 5. The number of likely N-dealkylation sites (tertiary alicyclic amines) is 1. The highest BCUT2D eigenvalue weighted by Gasteiger charge is 2.28. The Balaban J connectivity index is 1.01. The number of hydrogen-bond donors (Lipinski definition) is 2. The number of nitrogens with zero attached hydrogens (tertiary/aromatic N) is 2. The minimum absolute atomic E-state index is 0.0444. The maximum absolute atomic E-state index is 13.6. The Morgan fingerprint density at radius 1 is 1.18 bits per heavy atom. The fraction of sp³-hybridized carbons (Fsp3) is 0.346. The van der Waals surface area contributed by atoms with Gasteiger partial charge < -0.3 is 20.3 Å². The third kappa shape index (κ3) is 4.92. The van der Waals surface area contributed by atoms with Gasteiger partial charge in [-0.1, -0.05) is 6.08 Å². The van der Waals surface area contributed by atoms with Crippen LogP contribution in [0.5, 0.6) is 5.75 Å². The van der Waals surface area contributed by atoms with E-state index in [1.54, 1.807) is 0 Å². The van der Waals surface area contributed by atoms with E-state index in [4.69, 9.17) is 4.74 Å². The lowest BCUT2D eigenvalue weighted by molar-refractivity contribution is -0.117. The predicted octanol–water partition coefficient (Wildman–Crippen LogP) is 3.54. The van der Waals surface area contributed by atoms with Gasteiger partial charge in [-0.25, -0.2) is 8.78 Å². The van der Waals surface area contributed by atoms with E-state index in [1.165, 1.54) is 12.1 Å². The van der Waals surface area contributed by atoms with Gasteiger partial charge in [0.25, 0.3) is 5.91 Å². The molecule has 0 radical (unpaired) electrons. The Hall–Kier alpha value is -3.39. The van der Waals surface area contributed by atoms with Crippen LogP contribution in [0.2, 0.25) is 0 Å². The van der Waals surface area contributed by atoms with E-state index in [2.05, 4.69) is 20.4 Å². The first-order valence-corrected chi connectivity index (χ1v) is 11.7. The van der Waals surface area contributed by atoms with Crippen LogP contribution < -0.4 is 15.4 Å². The molecule has 0 aromatic heterocycles. The highest BCUT2D eigenvalue weighted by Crippen LogP contribution is 2.33. The molecular formula is C26H28F2N4O2. The van der Waals surface area contributed by atoms with Gasteiger partial charge in [0.05, 0.1) is 12.3 Å². The van der Waals surface area contributed by atoms with Gasteiger partial charge >= 0.3 is 0 Å². The summed E-state index contributed by atoms with van der Waals surface area (Å²) in [7, 11) is 0. The van der Waals surface area contributed by atoms with Crippen LogP contribution in [0, 0.1) is 17.6 Å². The van der Waals surface area contributed by atoms with Crippen LogP contribution in [0.3, 0.4) is 0 Å². The van der Waals surface area contributed by atoms with Crippen LogP contribution in [0.15, 0.2) is 77.6 Å². The number of halogens is 2. The molecule has 1 aromatic carbocycles. The average Bonchev–Trinajstić information content (AvgIpc) is 3.26. The number of piperidine rings is 1. The first-order valence-electron chi connectivity index (χ1n) is 11.7. The van der Waals surface area contributed by atoms with Crippen LogP contribution in [-0.2, 0) is 4.79 Å². The van der Waals surface area contributed by atoms with Crippen molar-refractivity contribution >= 4 is 5.91 Å². The van der Waals surface area contributed by atoms with Gasteiger partial charge in [0.2, 0.25) is 0 Å². The highest BCUT2D eigenvalue weighted by molar-refractivity contribution is 5.97. The van der Waals surface area contributed by atoms with E-state index in [9.17, 15) is 13.6 Å². The molecule has 178 valence electrons. The van der Waals surface area contributed by atoms with E-state index in [0.717, 1.165) is 62.2 Å². The lowest BCUT2D eigenvalue weighted by Crippen LogP contribution is -2.39. The molecule has 1 fully saturated rings. The summed E-state index contributed by atoms with van der Waals surface area (Å²) in [5.74, 6) is 0.217. The Labute approximate surface area is 197 Å². The number of rotatable bonds is 8. The molecular weight excluding hydrogens is 438 g/mol. The summed E-state index contributed by atoms with van der Waals surface area (Å²) in [6.45, 7) is 3.85. The molecule has 0 atom stereocenters. The minimum Gasteiger partial charge on any atom is -0.490 e. The van der Waals surface area contributed by atoms with Gasteiger partial charge in [-0.2, -0.15) is 0 Å². The van der Waals surface area contributed by atoms with Crippen molar-refractivity contribution in [3.63, 3.8) is 0 Å². The summed E-state index contributed by atoms with van der Waals surface area (Å²) in [5.41, 5.74) is 2.63. The van der Waals surface area contributed by atoms with E-state index in [1.807, 2.05) is 36.6 Å². The van der Waals surface area contributed by atoms with Gasteiger partial charge in [-0.3, -0.25) is 9.69 Å². The number of allylic oxidation sites excluding steroid dienone is 4. The minimum atomic E-state index is -0.672. The van der Waals surface area contributed by atoms with Crippen molar-refractivity contribution in [2.75, 3.05) is 32.8 Å². The van der Waals surface area contributed by atoms with Gasteiger partial charge in [0.1, 0.15) is 11.6 Å². The van der Waals surface area contributed by atoms with E-state index < -0.39 is 11.6 Å². The summed E-state index contributed by atoms with van der Waals surface area (Å²) in [6, 6.07) is 3.35. The van der Waals surface area contributed by atoms with Crippen molar-refractivity contribution in [1.29, 1.82) is 0 Å². The summed E-state index contributed by atoms with van der Waals surface area (Å²) >= 11 is 0. The third-order valence-corrected chi connectivity index (χ3v) is 6.54. The zero-order valence-electron chi connectivity index (χ0n) is 18.9. The molecule has 0 aliphatic carbocycles. The molecule has 5 rings (SSSR count). The first kappa shape index (κ1) is 22.4. The molecule has 8 heteroatoms. The lowest BCUT2D eigenvalue weighted by Gasteiger charge is -2.32. The van der Waals surface area contributed by atoms with Crippen molar-refractivity contribution in [1.82, 2.24) is 20.4 Å². The topological polar surface area (TPSA) is 56.8 Å². The standard InChI is InChI=1S/C26H28F2N4O2/c27-20-5-6-24(23(28)15-20)34-12-2-9-31-10-7-18(8-11-31)16-30-26(33)19-13-21-3-1-4-25-29-17-22(14-19)32(21)25/h1,3-6,13-15,17-18,29H,2,7-12,16H2,(H,30,33). The third-order valence-electron chi connectivity index (χ3n) is 6.54. The number of amides is 1. The number of benzene rings is 1. The second-order valence-corrected chi connectivity index (χ2v) is 8.90. The molecule has 1 aromatic rings. The van der Waals surface area contributed by atoms with Crippen LogP contribution in [-0.4, -0.2) is 48.5 Å². The number of carbonyl (C=O) groups excluding carboxylic acids is 1. The molecule has 0 bridgehead atoms. The monoisotopic (exact) mass is 466 g/mol. The zero-order valence-corrected chi connectivity index (χ0v) is 18.9. The van der Waals surface area contributed by atoms with Gasteiger partial charge in [0, 0.05) is 36.6 Å². The molecule has 0 saturated carbocycles. The van der Waals surface area contributed by atoms with Crippen molar-refractivity contribution < 1.29 is 18.3 Å². The molecule has 4 aliphatic heterocycles. The summed E-state index contributed by atoms with van der Waals surface area (Å²) in [4.78, 5) is 17.2. The maximum Gasteiger partial charge on any atom is 0.251 e.